The molecule has 3 unspecified atom stereocenters. The van der Waals surface area contributed by atoms with E-state index in [9.17, 15) is 18.0 Å². The van der Waals surface area contributed by atoms with E-state index in [4.69, 9.17) is 9.47 Å². The Morgan fingerprint density at radius 3 is 2.59 bits per heavy atom. The maximum absolute atomic E-state index is 13.8. The number of ether oxygens (including phenoxy) is 2. The number of fused-ring (bicyclic) bond motifs is 1. The molecule has 34 heavy (non-hydrogen) atoms. The van der Waals surface area contributed by atoms with E-state index in [-0.39, 0.29) is 34.8 Å². The van der Waals surface area contributed by atoms with Gasteiger partial charge in [-0.3, -0.25) is 0 Å². The number of benzene rings is 2. The molecule has 2 aromatic carbocycles. The zero-order valence-corrected chi connectivity index (χ0v) is 18.4. The molecule has 7 nitrogen and oxygen atoms in total. The second-order valence-electron chi connectivity index (χ2n) is 8.81. The highest BCUT2D eigenvalue weighted by molar-refractivity contribution is 5.73. The van der Waals surface area contributed by atoms with Crippen molar-refractivity contribution in [2.45, 2.75) is 25.2 Å². The Labute approximate surface area is 193 Å². The van der Waals surface area contributed by atoms with Crippen LogP contribution in [0.25, 0.3) is 11.4 Å². The van der Waals surface area contributed by atoms with Gasteiger partial charge in [0.2, 0.25) is 5.82 Å². The van der Waals surface area contributed by atoms with Gasteiger partial charge in [-0.1, -0.05) is 41.6 Å². The lowest BCUT2D eigenvalue weighted by Gasteiger charge is -2.38. The quantitative estimate of drug-likeness (QED) is 0.524. The number of likely N-dealkylation sites (N-methyl/N-ethyl adjacent to an activating group) is 1. The molecule has 3 aromatic rings. The Bertz CT molecular complexity index is 1190. The van der Waals surface area contributed by atoms with Crippen molar-refractivity contribution >= 4 is 5.91 Å². The Morgan fingerprint density at radius 2 is 1.91 bits per heavy atom. The van der Waals surface area contributed by atoms with E-state index >= 15 is 0 Å². The number of carbonyl (C=O) groups is 1. The van der Waals surface area contributed by atoms with Crippen molar-refractivity contribution in [3.05, 3.63) is 65.5 Å². The third kappa shape index (κ3) is 4.07. The molecule has 0 aliphatic carbocycles. The van der Waals surface area contributed by atoms with E-state index in [2.05, 4.69) is 14.7 Å². The molecule has 1 amide bonds. The first-order chi connectivity index (χ1) is 16.3. The predicted molar refractivity (Wildman–Crippen MR) is 113 cm³/mol. The number of nitrogens with zero attached hydrogens (tertiary/aromatic N) is 3. The molecule has 2 aliphatic rings. The fraction of sp³-hybridized carbons (Fsp3) is 0.375. The van der Waals surface area contributed by atoms with Crippen LogP contribution in [0, 0.1) is 5.92 Å². The third-order valence-electron chi connectivity index (χ3n) is 6.54. The van der Waals surface area contributed by atoms with Crippen molar-refractivity contribution in [3.63, 3.8) is 0 Å². The molecule has 0 N–H and O–H groups in total. The highest BCUT2D eigenvalue weighted by atomic mass is 19.4. The van der Waals surface area contributed by atoms with E-state index in [1.807, 2.05) is 37.4 Å². The lowest BCUT2D eigenvalue weighted by Crippen LogP contribution is -2.54. The van der Waals surface area contributed by atoms with Gasteiger partial charge in [0.05, 0.1) is 19.6 Å². The van der Waals surface area contributed by atoms with Crippen LogP contribution < -0.4 is 4.74 Å². The van der Waals surface area contributed by atoms with Crippen molar-refractivity contribution in [2.24, 2.45) is 5.92 Å². The molecule has 1 saturated heterocycles. The summed E-state index contributed by atoms with van der Waals surface area (Å²) in [7, 11) is 1.92. The highest BCUT2D eigenvalue weighted by Crippen LogP contribution is 2.40. The van der Waals surface area contributed by atoms with Crippen molar-refractivity contribution in [2.75, 3.05) is 26.9 Å². The molecule has 0 radical (unpaired) electrons. The second-order valence-corrected chi connectivity index (χ2v) is 8.81. The van der Waals surface area contributed by atoms with E-state index in [0.717, 1.165) is 11.1 Å². The molecule has 5 rings (SSSR count). The average Bonchev–Trinajstić information content (AvgIpc) is 3.50. The molecule has 0 spiro atoms. The minimum atomic E-state index is -4.72. The van der Waals surface area contributed by atoms with Crippen molar-refractivity contribution in [1.82, 2.24) is 10.1 Å². The number of alkyl halides is 3. The fourth-order valence-electron chi connectivity index (χ4n) is 4.69. The van der Waals surface area contributed by atoms with Crippen LogP contribution in [0.3, 0.4) is 0 Å². The van der Waals surface area contributed by atoms with E-state index in [0.29, 0.717) is 37.5 Å². The number of aromatic nitrogens is 2. The fourth-order valence-corrected chi connectivity index (χ4v) is 4.69. The largest absolute Gasteiger partial charge is 0.486 e. The summed E-state index contributed by atoms with van der Waals surface area (Å²) in [6, 6.07) is 14.4. The van der Waals surface area contributed by atoms with Crippen molar-refractivity contribution in [1.29, 1.82) is 0 Å². The lowest BCUT2D eigenvalue weighted by molar-refractivity contribution is -0.880. The van der Waals surface area contributed by atoms with E-state index < -0.39 is 12.1 Å². The van der Waals surface area contributed by atoms with Gasteiger partial charge in [-0.25, -0.2) is 9.28 Å². The van der Waals surface area contributed by atoms with Gasteiger partial charge >= 0.3 is 18.0 Å². The molecule has 0 saturated carbocycles. The SMILES string of the molecule is C[N+]1(C(=O)C2CCOC2)Cc2ccc(-c3noc(C(F)(F)F)n3)cc2OCC1c1ccccc1. The van der Waals surface area contributed by atoms with Crippen molar-refractivity contribution < 1.29 is 36.4 Å². The summed E-state index contributed by atoms with van der Waals surface area (Å²) in [4.78, 5) is 17.2. The summed E-state index contributed by atoms with van der Waals surface area (Å²) < 4.78 is 54.7. The molecular formula is C24H23F3N3O4+. The Hall–Kier alpha value is -3.24. The zero-order valence-electron chi connectivity index (χ0n) is 18.4. The van der Waals surface area contributed by atoms with Gasteiger partial charge in [-0.2, -0.15) is 18.2 Å². The minimum absolute atomic E-state index is 0.0832. The van der Waals surface area contributed by atoms with Gasteiger partial charge in [-0.15, -0.1) is 0 Å². The molecule has 178 valence electrons. The molecule has 0 bridgehead atoms. The summed E-state index contributed by atoms with van der Waals surface area (Å²) >= 11 is 0. The number of hydrogen-bond acceptors (Lipinski definition) is 6. The number of quaternary nitrogens is 1. The maximum Gasteiger partial charge on any atom is 0.471 e. The van der Waals surface area contributed by atoms with Crippen LogP contribution in [-0.2, 0) is 22.3 Å². The first-order valence-electron chi connectivity index (χ1n) is 10.9. The normalized spacial score (nSPS) is 24.8. The number of carbonyl (C=O) groups excluding carboxylic acids is 1. The number of amides is 1. The van der Waals surface area contributed by atoms with E-state index in [1.54, 1.807) is 18.2 Å². The topological polar surface area (TPSA) is 74.5 Å². The highest BCUT2D eigenvalue weighted by Gasteiger charge is 2.48. The number of halogens is 3. The number of hydrogen-bond donors (Lipinski definition) is 0. The average molecular weight is 474 g/mol. The summed E-state index contributed by atoms with van der Waals surface area (Å²) in [6.45, 7) is 1.55. The smallest absolute Gasteiger partial charge is 0.471 e. The zero-order chi connectivity index (χ0) is 23.9. The predicted octanol–water partition coefficient (Wildman–Crippen LogP) is 4.40. The summed E-state index contributed by atoms with van der Waals surface area (Å²) in [5.41, 5.74) is 2.08. The molecular weight excluding hydrogens is 451 g/mol. The third-order valence-corrected chi connectivity index (χ3v) is 6.54. The summed E-state index contributed by atoms with van der Waals surface area (Å²) in [5.74, 6) is -1.22. The van der Waals surface area contributed by atoms with Gasteiger partial charge in [0.1, 0.15) is 18.9 Å². The molecule has 1 fully saturated rings. The lowest BCUT2D eigenvalue weighted by atomic mass is 9.98. The Kier molecular flexibility index (Phi) is 5.65. The van der Waals surface area contributed by atoms with Gasteiger partial charge in [0, 0.05) is 23.3 Å². The molecule has 1 aromatic heterocycles. The summed E-state index contributed by atoms with van der Waals surface area (Å²) in [6.07, 6.45) is -4.04. The van der Waals surface area contributed by atoms with Crippen LogP contribution in [-0.4, -0.2) is 47.4 Å². The Balaban J connectivity index is 1.52. The molecule has 2 aliphatic heterocycles. The van der Waals surface area contributed by atoms with Gasteiger partial charge < -0.3 is 14.0 Å². The Morgan fingerprint density at radius 1 is 1.12 bits per heavy atom. The first-order valence-corrected chi connectivity index (χ1v) is 10.9. The van der Waals surface area contributed by atoms with Crippen LogP contribution in [0.4, 0.5) is 13.2 Å². The monoisotopic (exact) mass is 474 g/mol. The number of rotatable bonds is 3. The van der Waals surface area contributed by atoms with Crippen molar-refractivity contribution in [3.8, 4) is 17.1 Å². The molecule has 3 atom stereocenters. The molecule has 10 heteroatoms. The van der Waals surface area contributed by atoms with Gasteiger partial charge in [0.25, 0.3) is 0 Å². The standard InChI is InChI=1S/C24H23F3N3O4/c1-30(22(31)18-9-10-32-13-18)12-17-8-7-16(21-28-23(34-29-21)24(25,26)27)11-20(17)33-14-19(30)15-5-3-2-4-6-15/h2-8,11,18-19H,9-10,12-14H2,1H3/q+1. The van der Waals surface area contributed by atoms with Crippen LogP contribution >= 0.6 is 0 Å². The maximum atomic E-state index is 13.8. The minimum Gasteiger partial charge on any atom is -0.486 e. The molecule has 3 heterocycles. The van der Waals surface area contributed by atoms with Gasteiger partial charge in [0.15, 0.2) is 6.04 Å². The van der Waals surface area contributed by atoms with Crippen LogP contribution in [0.1, 0.15) is 29.5 Å². The van der Waals surface area contributed by atoms with Crippen LogP contribution in [0.15, 0.2) is 53.1 Å². The summed E-state index contributed by atoms with van der Waals surface area (Å²) in [5, 5.41) is 3.46. The van der Waals surface area contributed by atoms with Gasteiger partial charge in [-0.05, 0) is 18.6 Å². The van der Waals surface area contributed by atoms with Crippen LogP contribution in [0.5, 0.6) is 5.75 Å². The first kappa shape index (κ1) is 22.5. The second kappa shape index (κ2) is 8.52. The van der Waals surface area contributed by atoms with E-state index in [1.165, 1.54) is 0 Å². The van der Waals surface area contributed by atoms with Crippen LogP contribution in [0.2, 0.25) is 0 Å².